The smallest absolute Gasteiger partial charge is 0.359 e. The van der Waals surface area contributed by atoms with Crippen LogP contribution in [0.2, 0.25) is 0 Å². The molecular weight excluding hydrogens is 510 g/mol. The second kappa shape index (κ2) is 16.5. The van der Waals surface area contributed by atoms with Crippen molar-refractivity contribution in [3.63, 3.8) is 0 Å². The van der Waals surface area contributed by atoms with Crippen LogP contribution in [0.4, 0.5) is 26.3 Å². The number of nitrogens with zero attached hydrogens (tertiary/aromatic N) is 4. The lowest BCUT2D eigenvalue weighted by Gasteiger charge is -2.23. The zero-order chi connectivity index (χ0) is 28.7. The Morgan fingerprint density at radius 1 is 1.11 bits per heavy atom. The molecule has 210 valence electrons. The number of H-pyrrole nitrogens is 2. The average molecular weight is 545 g/mol. The lowest BCUT2D eigenvalue weighted by molar-refractivity contribution is -0.137. The molecule has 38 heavy (non-hydrogen) atoms. The topological polar surface area (TPSA) is 84.4 Å². The standard InChI is InChI=1S/C18H27N5.C7H6F3N.CHF3/c1-4-7-23(8-6-14(3)5-2)13-16-12-21-22-18(16)17-9-15(10-19)11-20-17;1-5-2-3-6(4-11-5)7(8,9)10;2-1(3)4/h9,11-12,14,20H,4-8,13H2,1-3H3,(H,21,22);2-4H,1H3;1H. The van der Waals surface area contributed by atoms with Crippen molar-refractivity contribution in [3.8, 4) is 17.5 Å². The third-order valence-electron chi connectivity index (χ3n) is 5.61. The Bertz CT molecular complexity index is 1080. The third kappa shape index (κ3) is 12.3. The van der Waals surface area contributed by atoms with Gasteiger partial charge in [-0.05, 0) is 57.0 Å². The van der Waals surface area contributed by atoms with Crippen LogP contribution in [-0.4, -0.2) is 44.8 Å². The van der Waals surface area contributed by atoms with Gasteiger partial charge in [0.15, 0.2) is 0 Å². The fourth-order valence-corrected chi connectivity index (χ4v) is 3.34. The van der Waals surface area contributed by atoms with E-state index < -0.39 is 18.4 Å². The molecule has 0 amide bonds. The summed E-state index contributed by atoms with van der Waals surface area (Å²) < 4.78 is 64.6. The minimum atomic E-state index is -4.28. The van der Waals surface area contributed by atoms with Gasteiger partial charge in [0.05, 0.1) is 28.7 Å². The van der Waals surface area contributed by atoms with Crippen LogP contribution in [0, 0.1) is 24.2 Å². The van der Waals surface area contributed by atoms with Gasteiger partial charge in [0.25, 0.3) is 0 Å². The van der Waals surface area contributed by atoms with E-state index in [1.807, 2.05) is 12.3 Å². The van der Waals surface area contributed by atoms with Gasteiger partial charge in [-0.25, -0.2) is 0 Å². The summed E-state index contributed by atoms with van der Waals surface area (Å²) in [4.78, 5) is 9.17. The molecular formula is C26H34F6N6. The van der Waals surface area contributed by atoms with E-state index >= 15 is 0 Å². The van der Waals surface area contributed by atoms with Gasteiger partial charge in [-0.1, -0.05) is 27.2 Å². The first-order valence-corrected chi connectivity index (χ1v) is 12.2. The molecule has 6 nitrogen and oxygen atoms in total. The van der Waals surface area contributed by atoms with Crippen molar-refractivity contribution in [1.82, 2.24) is 25.1 Å². The number of aryl methyl sites for hydroxylation is 1. The predicted molar refractivity (Wildman–Crippen MR) is 134 cm³/mol. The van der Waals surface area contributed by atoms with Crippen molar-refractivity contribution in [2.45, 2.75) is 66.4 Å². The number of rotatable bonds is 9. The average Bonchev–Trinajstić information content (AvgIpc) is 3.51. The molecule has 0 spiro atoms. The lowest BCUT2D eigenvalue weighted by Crippen LogP contribution is -2.26. The van der Waals surface area contributed by atoms with Gasteiger partial charge >= 0.3 is 12.9 Å². The summed E-state index contributed by atoms with van der Waals surface area (Å²) in [6.45, 7) is 7.85. The maximum atomic E-state index is 11.9. The molecule has 3 heterocycles. The van der Waals surface area contributed by atoms with Crippen molar-refractivity contribution >= 4 is 0 Å². The van der Waals surface area contributed by atoms with Gasteiger partial charge in [0, 0.05) is 30.2 Å². The quantitative estimate of drug-likeness (QED) is 0.273. The molecule has 0 bridgehead atoms. The zero-order valence-electron chi connectivity index (χ0n) is 21.9. The molecule has 2 N–H and O–H groups in total. The number of pyridine rings is 1. The monoisotopic (exact) mass is 544 g/mol. The van der Waals surface area contributed by atoms with Gasteiger partial charge in [0.2, 0.25) is 0 Å². The van der Waals surface area contributed by atoms with Crippen molar-refractivity contribution in [2.24, 2.45) is 5.92 Å². The summed E-state index contributed by atoms with van der Waals surface area (Å²) in [6, 6.07) is 6.37. The Balaban J connectivity index is 0.000000398. The SMILES string of the molecule is CCCN(CCC(C)CC)Cc1cn[nH]c1-c1cc(C#N)c[nH]1.Cc1ccc(C(F)(F)F)cn1.FC(F)F. The molecule has 0 saturated carbocycles. The van der Waals surface area contributed by atoms with E-state index in [4.69, 9.17) is 5.26 Å². The van der Waals surface area contributed by atoms with Crippen molar-refractivity contribution < 1.29 is 26.3 Å². The van der Waals surface area contributed by atoms with Crippen LogP contribution < -0.4 is 0 Å². The maximum Gasteiger partial charge on any atom is 0.417 e. The summed E-state index contributed by atoms with van der Waals surface area (Å²) in [6.07, 6.45) is 3.78. The molecule has 3 aromatic heterocycles. The first-order chi connectivity index (χ1) is 17.9. The van der Waals surface area contributed by atoms with Crippen LogP contribution in [0.5, 0.6) is 0 Å². The number of nitrogens with one attached hydrogen (secondary N) is 2. The fraction of sp³-hybridized carbons (Fsp3) is 0.500. The van der Waals surface area contributed by atoms with Crippen LogP contribution in [-0.2, 0) is 12.7 Å². The van der Waals surface area contributed by atoms with E-state index in [1.54, 1.807) is 13.1 Å². The summed E-state index contributed by atoms with van der Waals surface area (Å²) in [5, 5.41) is 16.2. The van der Waals surface area contributed by atoms with Gasteiger partial charge in [-0.2, -0.15) is 36.7 Å². The number of aromatic amines is 2. The van der Waals surface area contributed by atoms with Crippen molar-refractivity contribution in [2.75, 3.05) is 13.1 Å². The Kier molecular flexibility index (Phi) is 14.2. The normalized spacial score (nSPS) is 11.9. The number of hydrogen-bond acceptors (Lipinski definition) is 4. The molecule has 0 aliphatic carbocycles. The fourth-order valence-electron chi connectivity index (χ4n) is 3.34. The first-order valence-electron chi connectivity index (χ1n) is 12.2. The van der Waals surface area contributed by atoms with E-state index in [0.29, 0.717) is 11.3 Å². The van der Waals surface area contributed by atoms with Crippen molar-refractivity contribution in [1.29, 1.82) is 5.26 Å². The van der Waals surface area contributed by atoms with Gasteiger partial charge in [-0.15, -0.1) is 0 Å². The van der Waals surface area contributed by atoms with Gasteiger partial charge in [0.1, 0.15) is 6.07 Å². The molecule has 12 heteroatoms. The van der Waals surface area contributed by atoms with E-state index in [9.17, 15) is 26.3 Å². The molecule has 3 aromatic rings. The molecule has 0 aromatic carbocycles. The molecule has 0 aliphatic rings. The Morgan fingerprint density at radius 3 is 2.29 bits per heavy atom. The summed E-state index contributed by atoms with van der Waals surface area (Å²) in [7, 11) is 0. The van der Waals surface area contributed by atoms with E-state index in [-0.39, 0.29) is 0 Å². The number of aromatic nitrogens is 4. The minimum Gasteiger partial charge on any atom is -0.359 e. The largest absolute Gasteiger partial charge is 0.417 e. The summed E-state index contributed by atoms with van der Waals surface area (Å²) >= 11 is 0. The molecule has 1 atom stereocenters. The number of hydrogen-bond donors (Lipinski definition) is 2. The van der Waals surface area contributed by atoms with Crippen LogP contribution in [0.3, 0.4) is 0 Å². The summed E-state index contributed by atoms with van der Waals surface area (Å²) in [5.74, 6) is 0.764. The van der Waals surface area contributed by atoms with Gasteiger partial charge < -0.3 is 4.98 Å². The van der Waals surface area contributed by atoms with E-state index in [1.165, 1.54) is 24.5 Å². The van der Waals surface area contributed by atoms with Crippen LogP contribution in [0.25, 0.3) is 11.4 Å². The zero-order valence-corrected chi connectivity index (χ0v) is 21.9. The summed E-state index contributed by atoms with van der Waals surface area (Å²) in [5.41, 5.74) is 3.60. The number of halogens is 6. The second-order valence-corrected chi connectivity index (χ2v) is 8.70. The van der Waals surface area contributed by atoms with Crippen LogP contribution in [0.1, 0.15) is 62.4 Å². The highest BCUT2D eigenvalue weighted by molar-refractivity contribution is 5.60. The first kappa shape index (κ1) is 32.7. The van der Waals surface area contributed by atoms with Gasteiger partial charge in [-0.3, -0.25) is 15.0 Å². The highest BCUT2D eigenvalue weighted by Gasteiger charge is 2.30. The number of nitriles is 1. The van der Waals surface area contributed by atoms with Crippen LogP contribution in [0.15, 0.2) is 36.8 Å². The van der Waals surface area contributed by atoms with E-state index in [0.717, 1.165) is 55.6 Å². The molecule has 0 fully saturated rings. The predicted octanol–water partition coefficient (Wildman–Crippen LogP) is 7.51. The third-order valence-corrected chi connectivity index (χ3v) is 5.61. The Morgan fingerprint density at radius 2 is 1.79 bits per heavy atom. The molecule has 3 rings (SSSR count). The molecule has 0 saturated heterocycles. The van der Waals surface area contributed by atoms with E-state index in [2.05, 4.69) is 51.9 Å². The van der Waals surface area contributed by atoms with Crippen LogP contribution >= 0.6 is 0 Å². The molecule has 0 aliphatic heterocycles. The highest BCUT2D eigenvalue weighted by Crippen LogP contribution is 2.28. The lowest BCUT2D eigenvalue weighted by atomic mass is 10.0. The number of alkyl halides is 6. The highest BCUT2D eigenvalue weighted by atomic mass is 19.4. The molecule has 0 radical (unpaired) electrons. The molecule has 1 unspecified atom stereocenters. The van der Waals surface area contributed by atoms with Crippen molar-refractivity contribution in [3.05, 3.63) is 59.2 Å². The second-order valence-electron chi connectivity index (χ2n) is 8.70. The minimum absolute atomic E-state index is 0.581. The maximum absolute atomic E-state index is 11.9. The Labute approximate surface area is 219 Å². The Hall–Kier alpha value is -3.33.